The van der Waals surface area contributed by atoms with Gasteiger partial charge in [0.25, 0.3) is 0 Å². The SMILES string of the molecule is CC(=O)c1cc(C#N)c(SCCCOc2ccc(F)cc2)nc1C. The molecule has 0 bridgehead atoms. The standard InChI is InChI=1S/C18H17FN2O2S/c1-12-17(13(2)22)10-14(11-20)18(21-12)24-9-3-8-23-16-6-4-15(19)5-7-16/h4-7,10H,3,8-9H2,1-2H3. The van der Waals surface area contributed by atoms with Crippen LogP contribution in [0.1, 0.15) is 35.0 Å². The van der Waals surface area contributed by atoms with E-state index in [1.165, 1.54) is 30.8 Å². The van der Waals surface area contributed by atoms with Gasteiger partial charge in [-0.15, -0.1) is 11.8 Å². The van der Waals surface area contributed by atoms with Gasteiger partial charge in [0.2, 0.25) is 0 Å². The first-order valence-electron chi connectivity index (χ1n) is 7.45. The first-order valence-corrected chi connectivity index (χ1v) is 8.43. The minimum atomic E-state index is -0.294. The van der Waals surface area contributed by atoms with Gasteiger partial charge in [0.15, 0.2) is 5.78 Å². The number of benzene rings is 1. The van der Waals surface area contributed by atoms with Crippen LogP contribution in [0.3, 0.4) is 0 Å². The zero-order valence-electron chi connectivity index (χ0n) is 13.5. The number of ether oxygens (including phenoxy) is 1. The largest absolute Gasteiger partial charge is 0.494 e. The van der Waals surface area contributed by atoms with Crippen LogP contribution in [0, 0.1) is 24.1 Å². The minimum absolute atomic E-state index is 0.0965. The van der Waals surface area contributed by atoms with Crippen LogP contribution in [0.25, 0.3) is 0 Å². The highest BCUT2D eigenvalue weighted by molar-refractivity contribution is 7.99. The fourth-order valence-electron chi connectivity index (χ4n) is 2.08. The smallest absolute Gasteiger partial charge is 0.161 e. The van der Waals surface area contributed by atoms with E-state index in [4.69, 9.17) is 4.74 Å². The number of carbonyl (C=O) groups excluding carboxylic acids is 1. The average Bonchev–Trinajstić information content (AvgIpc) is 2.56. The minimum Gasteiger partial charge on any atom is -0.494 e. The van der Waals surface area contributed by atoms with Gasteiger partial charge in [0.1, 0.15) is 22.7 Å². The normalized spacial score (nSPS) is 10.2. The Balaban J connectivity index is 1.88. The lowest BCUT2D eigenvalue weighted by molar-refractivity contribution is 0.101. The van der Waals surface area contributed by atoms with Gasteiger partial charge in [-0.25, -0.2) is 9.37 Å². The first-order chi connectivity index (χ1) is 11.5. The van der Waals surface area contributed by atoms with Crippen molar-refractivity contribution in [2.24, 2.45) is 0 Å². The van der Waals surface area contributed by atoms with Crippen molar-refractivity contribution in [3.63, 3.8) is 0 Å². The summed E-state index contributed by atoms with van der Waals surface area (Å²) in [5.74, 6) is 0.957. The summed E-state index contributed by atoms with van der Waals surface area (Å²) in [6.45, 7) is 3.72. The summed E-state index contributed by atoms with van der Waals surface area (Å²) in [5, 5.41) is 9.85. The van der Waals surface area contributed by atoms with Crippen LogP contribution in [0.15, 0.2) is 35.4 Å². The molecule has 0 saturated carbocycles. The molecule has 2 rings (SSSR count). The van der Waals surface area contributed by atoms with Crippen LogP contribution in [0.2, 0.25) is 0 Å². The lowest BCUT2D eigenvalue weighted by atomic mass is 10.1. The van der Waals surface area contributed by atoms with Gasteiger partial charge in [-0.2, -0.15) is 5.26 Å². The van der Waals surface area contributed by atoms with Gasteiger partial charge in [0.05, 0.1) is 12.2 Å². The zero-order valence-corrected chi connectivity index (χ0v) is 14.3. The molecule has 1 aromatic heterocycles. The summed E-state index contributed by atoms with van der Waals surface area (Å²) in [6, 6.07) is 9.56. The Morgan fingerprint density at radius 2 is 2.08 bits per heavy atom. The number of hydrogen-bond acceptors (Lipinski definition) is 5. The Hall–Kier alpha value is -2.39. The number of aryl methyl sites for hydroxylation is 1. The van der Waals surface area contributed by atoms with Crippen LogP contribution >= 0.6 is 11.8 Å². The molecule has 0 spiro atoms. The molecule has 0 fully saturated rings. The van der Waals surface area contributed by atoms with Gasteiger partial charge in [-0.1, -0.05) is 0 Å². The maximum Gasteiger partial charge on any atom is 0.161 e. The van der Waals surface area contributed by atoms with E-state index in [0.29, 0.717) is 34.2 Å². The number of hydrogen-bond donors (Lipinski definition) is 0. The van der Waals surface area contributed by atoms with E-state index in [9.17, 15) is 14.4 Å². The van der Waals surface area contributed by atoms with E-state index < -0.39 is 0 Å². The second kappa shape index (κ2) is 8.46. The number of thioether (sulfide) groups is 1. The molecular weight excluding hydrogens is 327 g/mol. The number of nitrogens with zero attached hydrogens (tertiary/aromatic N) is 2. The van der Waals surface area contributed by atoms with Crippen molar-refractivity contribution >= 4 is 17.5 Å². The van der Waals surface area contributed by atoms with Crippen molar-refractivity contribution in [1.29, 1.82) is 5.26 Å². The van der Waals surface area contributed by atoms with Crippen LogP contribution in [-0.4, -0.2) is 23.1 Å². The van der Waals surface area contributed by atoms with Gasteiger partial charge in [-0.05, 0) is 50.6 Å². The molecule has 0 aliphatic heterocycles. The number of halogens is 1. The molecule has 0 amide bonds. The Bertz CT molecular complexity index is 770. The van der Waals surface area contributed by atoms with Crippen molar-refractivity contribution in [2.75, 3.05) is 12.4 Å². The van der Waals surface area contributed by atoms with Crippen molar-refractivity contribution in [3.8, 4) is 11.8 Å². The summed E-state index contributed by atoms with van der Waals surface area (Å²) >= 11 is 1.46. The van der Waals surface area contributed by atoms with Crippen LogP contribution < -0.4 is 4.74 Å². The quantitative estimate of drug-likeness (QED) is 0.429. The Morgan fingerprint density at radius 3 is 2.71 bits per heavy atom. The summed E-state index contributed by atoms with van der Waals surface area (Å²) in [5.41, 5.74) is 1.53. The summed E-state index contributed by atoms with van der Waals surface area (Å²) < 4.78 is 18.3. The van der Waals surface area contributed by atoms with E-state index in [0.717, 1.165) is 12.2 Å². The van der Waals surface area contributed by atoms with Gasteiger partial charge >= 0.3 is 0 Å². The van der Waals surface area contributed by atoms with Crippen molar-refractivity contribution in [2.45, 2.75) is 25.3 Å². The van der Waals surface area contributed by atoms with Crippen LogP contribution in [0.5, 0.6) is 5.75 Å². The molecule has 1 aromatic carbocycles. The second-order valence-corrected chi connectivity index (χ2v) is 6.23. The maximum absolute atomic E-state index is 12.8. The number of ketones is 1. The maximum atomic E-state index is 12.8. The number of nitriles is 1. The van der Waals surface area contributed by atoms with Crippen LogP contribution in [-0.2, 0) is 0 Å². The van der Waals surface area contributed by atoms with E-state index in [1.54, 1.807) is 25.1 Å². The molecule has 6 heteroatoms. The summed E-state index contributed by atoms with van der Waals surface area (Å²) in [7, 11) is 0. The molecular formula is C18H17FN2O2S. The predicted molar refractivity (Wildman–Crippen MR) is 90.9 cm³/mol. The molecule has 1 heterocycles. The highest BCUT2D eigenvalue weighted by Gasteiger charge is 2.12. The monoisotopic (exact) mass is 344 g/mol. The molecule has 124 valence electrons. The van der Waals surface area contributed by atoms with E-state index in [-0.39, 0.29) is 11.6 Å². The lowest BCUT2D eigenvalue weighted by Crippen LogP contribution is -2.03. The topological polar surface area (TPSA) is 63.0 Å². The Kier molecular flexibility index (Phi) is 6.33. The third-order valence-corrected chi connectivity index (χ3v) is 4.37. The summed E-state index contributed by atoms with van der Waals surface area (Å²) in [6.07, 6.45) is 0.752. The molecule has 0 unspecified atom stereocenters. The van der Waals surface area contributed by atoms with Gasteiger partial charge < -0.3 is 4.74 Å². The number of rotatable bonds is 7. The molecule has 2 aromatic rings. The number of aromatic nitrogens is 1. The number of Topliss-reactive ketones (excluding diaryl/α,β-unsaturated/α-hetero) is 1. The number of carbonyl (C=O) groups is 1. The van der Waals surface area contributed by atoms with Gasteiger partial charge in [-0.3, -0.25) is 4.79 Å². The molecule has 0 saturated heterocycles. The van der Waals surface area contributed by atoms with E-state index in [1.807, 2.05) is 0 Å². The Morgan fingerprint density at radius 1 is 1.38 bits per heavy atom. The van der Waals surface area contributed by atoms with E-state index >= 15 is 0 Å². The summed E-state index contributed by atoms with van der Waals surface area (Å²) in [4.78, 5) is 15.9. The third kappa shape index (κ3) is 4.80. The molecule has 24 heavy (non-hydrogen) atoms. The van der Waals surface area contributed by atoms with Crippen molar-refractivity contribution < 1.29 is 13.9 Å². The second-order valence-electron chi connectivity index (χ2n) is 5.15. The van der Waals surface area contributed by atoms with Crippen molar-refractivity contribution in [3.05, 3.63) is 53.0 Å². The van der Waals surface area contributed by atoms with Crippen LogP contribution in [0.4, 0.5) is 4.39 Å². The predicted octanol–water partition coefficient (Wildman–Crippen LogP) is 4.16. The third-order valence-electron chi connectivity index (χ3n) is 3.29. The van der Waals surface area contributed by atoms with Gasteiger partial charge in [0, 0.05) is 17.0 Å². The molecule has 4 nitrogen and oxygen atoms in total. The molecule has 0 radical (unpaired) electrons. The Labute approximate surface area is 144 Å². The molecule has 0 N–H and O–H groups in total. The molecule has 0 aliphatic carbocycles. The fraction of sp³-hybridized carbons (Fsp3) is 0.278. The highest BCUT2D eigenvalue weighted by Crippen LogP contribution is 2.23. The number of pyridine rings is 1. The van der Waals surface area contributed by atoms with Crippen molar-refractivity contribution in [1.82, 2.24) is 4.98 Å². The zero-order chi connectivity index (χ0) is 17.5. The molecule has 0 atom stereocenters. The van der Waals surface area contributed by atoms with E-state index in [2.05, 4.69) is 11.1 Å². The first kappa shape index (κ1) is 18.0. The lowest BCUT2D eigenvalue weighted by Gasteiger charge is -2.08. The fourth-order valence-corrected chi connectivity index (χ4v) is 3.00. The molecule has 0 aliphatic rings. The highest BCUT2D eigenvalue weighted by atomic mass is 32.2. The average molecular weight is 344 g/mol.